The Morgan fingerprint density at radius 1 is 1.28 bits per heavy atom. The van der Waals surface area contributed by atoms with Gasteiger partial charge >= 0.3 is 6.09 Å². The molecule has 0 spiro atoms. The number of carbonyl (C=O) groups excluding carboxylic acids is 2. The second-order valence-corrected chi connectivity index (χ2v) is 5.52. The van der Waals surface area contributed by atoms with Crippen molar-refractivity contribution in [2.75, 3.05) is 13.2 Å². The molecular formula is C12H24N2O4. The van der Waals surface area contributed by atoms with Crippen LogP contribution < -0.4 is 10.6 Å². The molecule has 6 heteroatoms. The maximum absolute atomic E-state index is 11.6. The molecule has 0 radical (unpaired) electrons. The first kappa shape index (κ1) is 16.7. The Hall–Kier alpha value is -1.30. The van der Waals surface area contributed by atoms with Crippen LogP contribution in [0.2, 0.25) is 0 Å². The largest absolute Gasteiger partial charge is 0.444 e. The third-order valence-corrected chi connectivity index (χ3v) is 1.87. The molecule has 0 aromatic rings. The lowest BCUT2D eigenvalue weighted by Gasteiger charge is -2.22. The maximum atomic E-state index is 11.6. The summed E-state index contributed by atoms with van der Waals surface area (Å²) in [6.45, 7) is 9.09. The molecule has 6 nitrogen and oxygen atoms in total. The molecule has 2 amide bonds. The van der Waals surface area contributed by atoms with E-state index in [0.717, 1.165) is 0 Å². The van der Waals surface area contributed by atoms with Crippen molar-refractivity contribution in [3.8, 4) is 0 Å². The normalized spacial score (nSPS) is 13.1. The number of ether oxygens (including phenoxy) is 1. The van der Waals surface area contributed by atoms with E-state index in [0.29, 0.717) is 12.5 Å². The zero-order valence-electron chi connectivity index (χ0n) is 11.7. The molecule has 3 N–H and O–H groups in total. The van der Waals surface area contributed by atoms with Gasteiger partial charge in [-0.15, -0.1) is 0 Å². The zero-order chi connectivity index (χ0) is 14.3. The summed E-state index contributed by atoms with van der Waals surface area (Å²) in [5.74, 6) is -0.119. The van der Waals surface area contributed by atoms with Crippen molar-refractivity contribution in [2.24, 2.45) is 5.92 Å². The average Bonchev–Trinajstić information content (AvgIpc) is 2.19. The fourth-order valence-corrected chi connectivity index (χ4v) is 1.07. The number of aliphatic hydroxyl groups excluding tert-OH is 1. The Kier molecular flexibility index (Phi) is 6.68. The summed E-state index contributed by atoms with van der Waals surface area (Å²) in [5, 5.41) is 14.0. The molecule has 0 fully saturated rings. The summed E-state index contributed by atoms with van der Waals surface area (Å²) in [7, 11) is 0. The summed E-state index contributed by atoms with van der Waals surface area (Å²) in [5.41, 5.74) is -0.640. The van der Waals surface area contributed by atoms with Crippen molar-refractivity contribution < 1.29 is 19.4 Å². The third kappa shape index (κ3) is 7.89. The van der Waals surface area contributed by atoms with Gasteiger partial charge in [0.25, 0.3) is 0 Å². The molecule has 1 unspecified atom stereocenters. The predicted molar refractivity (Wildman–Crippen MR) is 68.1 cm³/mol. The van der Waals surface area contributed by atoms with Crippen molar-refractivity contribution in [1.82, 2.24) is 10.6 Å². The molecule has 0 aromatic heterocycles. The number of hydrogen-bond donors (Lipinski definition) is 3. The zero-order valence-corrected chi connectivity index (χ0v) is 11.7. The highest BCUT2D eigenvalue weighted by atomic mass is 16.6. The molecule has 0 aliphatic heterocycles. The summed E-state index contributed by atoms with van der Waals surface area (Å²) in [6.07, 6.45) is -0.721. The van der Waals surface area contributed by atoms with Crippen molar-refractivity contribution in [1.29, 1.82) is 0 Å². The Morgan fingerprint density at radius 3 is 2.22 bits per heavy atom. The number of carbonyl (C=O) groups is 2. The number of hydrogen-bond acceptors (Lipinski definition) is 4. The van der Waals surface area contributed by atoms with E-state index in [1.54, 1.807) is 20.8 Å². The lowest BCUT2D eigenvalue weighted by atomic mass is 10.2. The Balaban J connectivity index is 4.25. The number of aliphatic hydroxyl groups is 1. The van der Waals surface area contributed by atoms with Gasteiger partial charge in [-0.3, -0.25) is 4.79 Å². The fraction of sp³-hybridized carbons (Fsp3) is 0.833. The first-order valence-electron chi connectivity index (χ1n) is 6.03. The summed E-state index contributed by atoms with van der Waals surface area (Å²) in [6, 6.07) is -0.987. The van der Waals surface area contributed by atoms with Crippen molar-refractivity contribution in [3.05, 3.63) is 0 Å². The molecule has 0 heterocycles. The summed E-state index contributed by atoms with van der Waals surface area (Å²) >= 11 is 0. The second kappa shape index (κ2) is 7.20. The third-order valence-electron chi connectivity index (χ3n) is 1.87. The first-order chi connectivity index (χ1) is 8.15. The topological polar surface area (TPSA) is 87.7 Å². The molecule has 0 aliphatic rings. The standard InChI is InChI=1S/C12H24N2O4/c1-8(2)6-13-10(16)9(7-15)14-11(17)18-12(3,4)5/h8-9,15H,6-7H2,1-5H3,(H,13,16)(H,14,17). The van der Waals surface area contributed by atoms with Crippen molar-refractivity contribution >= 4 is 12.0 Å². The fourth-order valence-electron chi connectivity index (χ4n) is 1.07. The van der Waals surface area contributed by atoms with Crippen LogP contribution in [0.1, 0.15) is 34.6 Å². The number of alkyl carbamates (subject to hydrolysis) is 1. The monoisotopic (exact) mass is 260 g/mol. The summed E-state index contributed by atoms with van der Waals surface area (Å²) < 4.78 is 5.00. The Bertz CT molecular complexity index is 284. The minimum Gasteiger partial charge on any atom is -0.444 e. The highest BCUT2D eigenvalue weighted by Gasteiger charge is 2.23. The maximum Gasteiger partial charge on any atom is 0.408 e. The molecule has 0 saturated heterocycles. The molecule has 0 aliphatic carbocycles. The van der Waals surface area contributed by atoms with Gasteiger partial charge in [-0.2, -0.15) is 0 Å². The van der Waals surface area contributed by atoms with Crippen LogP contribution in [0.3, 0.4) is 0 Å². The first-order valence-corrected chi connectivity index (χ1v) is 6.03. The van der Waals surface area contributed by atoms with E-state index in [-0.39, 0.29) is 0 Å². The molecule has 18 heavy (non-hydrogen) atoms. The number of rotatable bonds is 5. The molecule has 106 valence electrons. The van der Waals surface area contributed by atoms with E-state index in [4.69, 9.17) is 9.84 Å². The van der Waals surface area contributed by atoms with Gasteiger partial charge in [0, 0.05) is 6.54 Å². The van der Waals surface area contributed by atoms with Gasteiger partial charge < -0.3 is 20.5 Å². The van der Waals surface area contributed by atoms with Gasteiger partial charge in [0.1, 0.15) is 11.6 Å². The van der Waals surface area contributed by atoms with Crippen molar-refractivity contribution in [3.63, 3.8) is 0 Å². The van der Waals surface area contributed by atoms with Crippen LogP contribution in [0, 0.1) is 5.92 Å². The molecular weight excluding hydrogens is 236 g/mol. The SMILES string of the molecule is CC(C)CNC(=O)C(CO)NC(=O)OC(C)(C)C. The predicted octanol–water partition coefficient (Wildman–Crippen LogP) is 0.644. The van der Waals surface area contributed by atoms with Crippen molar-refractivity contribution in [2.45, 2.75) is 46.3 Å². The van der Waals surface area contributed by atoms with Gasteiger partial charge in [0.2, 0.25) is 5.91 Å². The van der Waals surface area contributed by atoms with Crippen LogP contribution in [0.4, 0.5) is 4.79 Å². The van der Waals surface area contributed by atoms with Gasteiger partial charge in [-0.05, 0) is 26.7 Å². The van der Waals surface area contributed by atoms with E-state index in [1.165, 1.54) is 0 Å². The van der Waals surface area contributed by atoms with E-state index < -0.39 is 30.3 Å². The molecule has 0 rings (SSSR count). The van der Waals surface area contributed by atoms with Gasteiger partial charge in [-0.1, -0.05) is 13.8 Å². The Morgan fingerprint density at radius 2 is 1.83 bits per heavy atom. The van der Waals surface area contributed by atoms with Crippen LogP contribution in [-0.2, 0) is 9.53 Å². The second-order valence-electron chi connectivity index (χ2n) is 5.52. The van der Waals surface area contributed by atoms with E-state index >= 15 is 0 Å². The highest BCUT2D eigenvalue weighted by Crippen LogP contribution is 2.06. The summed E-state index contributed by atoms with van der Waals surface area (Å²) in [4.78, 5) is 23.1. The minimum absolute atomic E-state index is 0.301. The van der Waals surface area contributed by atoms with Gasteiger partial charge in [-0.25, -0.2) is 4.79 Å². The van der Waals surface area contributed by atoms with Gasteiger partial charge in [0.05, 0.1) is 6.61 Å². The smallest absolute Gasteiger partial charge is 0.408 e. The molecule has 0 bridgehead atoms. The molecule has 0 aromatic carbocycles. The number of amides is 2. The van der Waals surface area contributed by atoms with Gasteiger partial charge in [0.15, 0.2) is 0 Å². The van der Waals surface area contributed by atoms with E-state index in [1.807, 2.05) is 13.8 Å². The Labute approximate surface area is 108 Å². The minimum atomic E-state index is -0.987. The van der Waals surface area contributed by atoms with Crippen LogP contribution >= 0.6 is 0 Å². The van der Waals surface area contributed by atoms with Crippen LogP contribution in [0.15, 0.2) is 0 Å². The van der Waals surface area contributed by atoms with E-state index in [2.05, 4.69) is 10.6 Å². The molecule has 0 saturated carbocycles. The lowest BCUT2D eigenvalue weighted by molar-refractivity contribution is -0.124. The molecule has 1 atom stereocenters. The van der Waals surface area contributed by atoms with E-state index in [9.17, 15) is 9.59 Å². The van der Waals surface area contributed by atoms with Crippen LogP contribution in [-0.4, -0.2) is 41.9 Å². The van der Waals surface area contributed by atoms with Crippen LogP contribution in [0.25, 0.3) is 0 Å². The lowest BCUT2D eigenvalue weighted by Crippen LogP contribution is -2.50. The quantitative estimate of drug-likeness (QED) is 0.677. The number of nitrogens with one attached hydrogen (secondary N) is 2. The highest BCUT2D eigenvalue weighted by molar-refractivity contribution is 5.85. The van der Waals surface area contributed by atoms with Crippen LogP contribution in [0.5, 0.6) is 0 Å². The average molecular weight is 260 g/mol.